The molecule has 0 aliphatic heterocycles. The van der Waals surface area contributed by atoms with Gasteiger partial charge in [-0.2, -0.15) is 0 Å². The van der Waals surface area contributed by atoms with Gasteiger partial charge in [0.2, 0.25) is 5.91 Å². The van der Waals surface area contributed by atoms with Crippen molar-refractivity contribution in [2.45, 2.75) is 26.4 Å². The second-order valence-electron chi connectivity index (χ2n) is 6.22. The summed E-state index contributed by atoms with van der Waals surface area (Å²) in [7, 11) is 2.88. The molecule has 0 spiro atoms. The number of methoxy groups -OCH3 is 1. The molecule has 0 radical (unpaired) electrons. The lowest BCUT2D eigenvalue weighted by Crippen LogP contribution is -2.40. The lowest BCUT2D eigenvalue weighted by molar-refractivity contribution is -0.134. The fourth-order valence-electron chi connectivity index (χ4n) is 1.87. The highest BCUT2D eigenvalue weighted by Crippen LogP contribution is 2.20. The Morgan fingerprint density at radius 2 is 1.84 bits per heavy atom. The summed E-state index contributed by atoms with van der Waals surface area (Å²) in [5.74, 6) is -0.819. The first-order valence-electron chi connectivity index (χ1n) is 7.72. The highest BCUT2D eigenvalue weighted by molar-refractivity contribution is 5.98. The zero-order valence-corrected chi connectivity index (χ0v) is 15.2. The number of hydrogen-bond acceptors (Lipinski definition) is 5. The average molecular weight is 348 g/mol. The predicted octanol–water partition coefficient (Wildman–Crippen LogP) is 2.36. The molecule has 0 aromatic heterocycles. The van der Waals surface area contributed by atoms with E-state index < -0.39 is 17.7 Å². The number of carbonyl (C=O) groups is 3. The van der Waals surface area contributed by atoms with Crippen LogP contribution < -0.4 is 10.2 Å². The lowest BCUT2D eigenvalue weighted by Gasteiger charge is -2.22. The van der Waals surface area contributed by atoms with E-state index in [2.05, 4.69) is 10.1 Å². The van der Waals surface area contributed by atoms with E-state index in [0.29, 0.717) is 11.3 Å². The van der Waals surface area contributed by atoms with E-state index in [1.54, 1.807) is 58.2 Å². The predicted molar refractivity (Wildman–Crippen MR) is 95.1 cm³/mol. The van der Waals surface area contributed by atoms with Crippen LogP contribution >= 0.6 is 0 Å². The molecule has 1 rings (SSSR count). The molecule has 25 heavy (non-hydrogen) atoms. The van der Waals surface area contributed by atoms with Gasteiger partial charge in [0.05, 0.1) is 12.8 Å². The van der Waals surface area contributed by atoms with Crippen molar-refractivity contribution in [3.8, 4) is 0 Å². The number of esters is 1. The number of para-hydroxylation sites is 1. The summed E-state index contributed by atoms with van der Waals surface area (Å²) in [5.41, 5.74) is 0.629. The van der Waals surface area contributed by atoms with Gasteiger partial charge in [0.15, 0.2) is 0 Å². The minimum Gasteiger partial charge on any atom is -0.466 e. The van der Waals surface area contributed by atoms with Gasteiger partial charge in [-0.3, -0.25) is 4.79 Å². The zero-order chi connectivity index (χ0) is 19.0. The Balaban J connectivity index is 2.77. The molecule has 0 fully saturated rings. The molecule has 136 valence electrons. The van der Waals surface area contributed by atoms with Crippen LogP contribution in [0.15, 0.2) is 30.3 Å². The van der Waals surface area contributed by atoms with E-state index in [-0.39, 0.29) is 12.5 Å². The number of amides is 2. The molecular formula is C18H24N2O5. The molecule has 7 nitrogen and oxygen atoms in total. The van der Waals surface area contributed by atoms with Crippen LogP contribution in [-0.4, -0.2) is 44.3 Å². The van der Waals surface area contributed by atoms with E-state index >= 15 is 0 Å². The molecule has 0 heterocycles. The maximum absolute atomic E-state index is 12.3. The Hall–Kier alpha value is -2.83. The summed E-state index contributed by atoms with van der Waals surface area (Å²) in [6.45, 7) is 5.01. The highest BCUT2D eigenvalue weighted by atomic mass is 16.6. The number of anilines is 1. The Bertz CT molecular complexity index is 662. The van der Waals surface area contributed by atoms with E-state index in [0.717, 1.165) is 0 Å². The number of benzene rings is 1. The van der Waals surface area contributed by atoms with Gasteiger partial charge in [0.1, 0.15) is 12.1 Å². The average Bonchev–Trinajstić information content (AvgIpc) is 2.55. The highest BCUT2D eigenvalue weighted by Gasteiger charge is 2.18. The van der Waals surface area contributed by atoms with Crippen molar-refractivity contribution in [1.29, 1.82) is 0 Å². The van der Waals surface area contributed by atoms with Crippen LogP contribution in [0.5, 0.6) is 0 Å². The standard InChI is InChI=1S/C18H24N2O5/c1-18(2,3)25-17(23)19-12-15(21)20(4)14-9-7-6-8-13(14)10-11-16(22)24-5/h6-11H,12H2,1-5H3,(H,19,23)/b11-10+. The molecular weight excluding hydrogens is 324 g/mol. The first-order valence-corrected chi connectivity index (χ1v) is 7.72. The molecule has 2 amide bonds. The number of hydrogen-bond donors (Lipinski definition) is 1. The largest absolute Gasteiger partial charge is 0.466 e. The summed E-state index contributed by atoms with van der Waals surface area (Å²) in [6, 6.07) is 7.07. The molecule has 7 heteroatoms. The van der Waals surface area contributed by atoms with Crippen molar-refractivity contribution >= 4 is 29.7 Å². The number of carbonyl (C=O) groups excluding carboxylic acids is 3. The minimum absolute atomic E-state index is 0.208. The Labute approximate surface area is 147 Å². The SMILES string of the molecule is COC(=O)/C=C/c1ccccc1N(C)C(=O)CNC(=O)OC(C)(C)C. The van der Waals surface area contributed by atoms with Crippen LogP contribution in [0, 0.1) is 0 Å². The summed E-state index contributed by atoms with van der Waals surface area (Å²) in [6.07, 6.45) is 2.18. The van der Waals surface area contributed by atoms with Crippen LogP contribution in [0.3, 0.4) is 0 Å². The topological polar surface area (TPSA) is 84.9 Å². The molecule has 0 atom stereocenters. The molecule has 0 bridgehead atoms. The van der Waals surface area contributed by atoms with E-state index in [4.69, 9.17) is 4.74 Å². The smallest absolute Gasteiger partial charge is 0.408 e. The van der Waals surface area contributed by atoms with Gasteiger partial charge < -0.3 is 19.7 Å². The van der Waals surface area contributed by atoms with Crippen LogP contribution in [0.25, 0.3) is 6.08 Å². The van der Waals surface area contributed by atoms with Gasteiger partial charge in [-0.1, -0.05) is 18.2 Å². The molecule has 0 aliphatic rings. The van der Waals surface area contributed by atoms with Gasteiger partial charge in [-0.15, -0.1) is 0 Å². The number of nitrogens with zero attached hydrogens (tertiary/aromatic N) is 1. The van der Waals surface area contributed by atoms with E-state index in [1.807, 2.05) is 0 Å². The molecule has 0 saturated heterocycles. The molecule has 1 aromatic rings. The van der Waals surface area contributed by atoms with Crippen molar-refractivity contribution in [2.24, 2.45) is 0 Å². The zero-order valence-electron chi connectivity index (χ0n) is 15.2. The summed E-state index contributed by atoms with van der Waals surface area (Å²) in [5, 5.41) is 2.42. The van der Waals surface area contributed by atoms with Gasteiger partial charge in [-0.25, -0.2) is 9.59 Å². The van der Waals surface area contributed by atoms with E-state index in [9.17, 15) is 14.4 Å². The number of nitrogens with one attached hydrogen (secondary N) is 1. The number of likely N-dealkylation sites (N-methyl/N-ethyl adjacent to an activating group) is 1. The van der Waals surface area contributed by atoms with E-state index in [1.165, 1.54) is 18.1 Å². The third kappa shape index (κ3) is 7.07. The number of ether oxygens (including phenoxy) is 2. The van der Waals surface area contributed by atoms with Crippen molar-refractivity contribution in [3.63, 3.8) is 0 Å². The molecule has 0 aliphatic carbocycles. The number of rotatable bonds is 5. The monoisotopic (exact) mass is 348 g/mol. The molecule has 1 aromatic carbocycles. The van der Waals surface area contributed by atoms with Gasteiger partial charge in [0.25, 0.3) is 0 Å². The Morgan fingerprint density at radius 1 is 1.20 bits per heavy atom. The fourth-order valence-corrected chi connectivity index (χ4v) is 1.87. The van der Waals surface area contributed by atoms with Crippen molar-refractivity contribution in [2.75, 3.05) is 25.6 Å². The second kappa shape index (κ2) is 8.86. The van der Waals surface area contributed by atoms with Crippen LogP contribution in [0.1, 0.15) is 26.3 Å². The first-order chi connectivity index (χ1) is 11.6. The van der Waals surface area contributed by atoms with Gasteiger partial charge >= 0.3 is 12.1 Å². The number of alkyl carbamates (subject to hydrolysis) is 1. The molecule has 0 saturated carbocycles. The maximum Gasteiger partial charge on any atom is 0.408 e. The normalized spacial score (nSPS) is 11.1. The van der Waals surface area contributed by atoms with Crippen molar-refractivity contribution in [1.82, 2.24) is 5.32 Å². The first kappa shape index (κ1) is 20.2. The molecule has 0 unspecified atom stereocenters. The molecule has 1 N–H and O–H groups in total. The van der Waals surface area contributed by atoms with Crippen molar-refractivity contribution in [3.05, 3.63) is 35.9 Å². The van der Waals surface area contributed by atoms with Gasteiger partial charge in [-0.05, 0) is 38.5 Å². The third-order valence-electron chi connectivity index (χ3n) is 3.06. The third-order valence-corrected chi connectivity index (χ3v) is 3.06. The summed E-state index contributed by atoms with van der Waals surface area (Å²) < 4.78 is 9.65. The van der Waals surface area contributed by atoms with Crippen molar-refractivity contribution < 1.29 is 23.9 Å². The Morgan fingerprint density at radius 3 is 2.44 bits per heavy atom. The van der Waals surface area contributed by atoms with Gasteiger partial charge in [0, 0.05) is 13.1 Å². The quantitative estimate of drug-likeness (QED) is 0.652. The van der Waals surface area contributed by atoms with Crippen LogP contribution in [0.2, 0.25) is 0 Å². The summed E-state index contributed by atoms with van der Waals surface area (Å²) >= 11 is 0. The lowest BCUT2D eigenvalue weighted by atomic mass is 10.1. The minimum atomic E-state index is -0.659. The fraction of sp³-hybridized carbons (Fsp3) is 0.389. The second-order valence-corrected chi connectivity index (χ2v) is 6.22. The maximum atomic E-state index is 12.3. The van der Waals surface area contributed by atoms with Crippen LogP contribution in [-0.2, 0) is 19.1 Å². The summed E-state index contributed by atoms with van der Waals surface area (Å²) in [4.78, 5) is 36.6. The Kier molecular flexibility index (Phi) is 7.17. The van der Waals surface area contributed by atoms with Crippen LogP contribution in [0.4, 0.5) is 10.5 Å².